The maximum Gasteiger partial charge on any atom is 0.239 e. The summed E-state index contributed by atoms with van der Waals surface area (Å²) in [5.41, 5.74) is 5.51. The molecule has 1 saturated heterocycles. The van der Waals surface area contributed by atoms with Gasteiger partial charge in [0.05, 0.1) is 23.4 Å². The number of nitrogens with zero attached hydrogens (tertiary/aromatic N) is 2. The van der Waals surface area contributed by atoms with Gasteiger partial charge in [-0.15, -0.1) is 0 Å². The van der Waals surface area contributed by atoms with E-state index in [1.165, 1.54) is 11.3 Å². The summed E-state index contributed by atoms with van der Waals surface area (Å²) in [5, 5.41) is 10.5. The number of nitriles is 1. The van der Waals surface area contributed by atoms with Gasteiger partial charge in [0.25, 0.3) is 0 Å². The monoisotopic (exact) mass is 443 g/mol. The summed E-state index contributed by atoms with van der Waals surface area (Å²) in [6, 6.07) is 15.2. The van der Waals surface area contributed by atoms with Gasteiger partial charge in [0.1, 0.15) is 24.3 Å². The third-order valence-electron chi connectivity index (χ3n) is 6.70. The van der Waals surface area contributed by atoms with Crippen molar-refractivity contribution in [2.45, 2.75) is 44.8 Å². The SMILES string of the molecule is Cc1ccc(N2CCC(c3ccc(OCCCC4OC=CO4)cc3)CC2)c2[nH]cc(C#N)c12. The van der Waals surface area contributed by atoms with Crippen molar-refractivity contribution in [2.24, 2.45) is 0 Å². The Morgan fingerprint density at radius 2 is 1.85 bits per heavy atom. The minimum absolute atomic E-state index is 0.164. The smallest absolute Gasteiger partial charge is 0.239 e. The second-order valence-corrected chi connectivity index (χ2v) is 8.76. The molecule has 170 valence electrons. The van der Waals surface area contributed by atoms with E-state index in [1.807, 2.05) is 6.20 Å². The second kappa shape index (κ2) is 9.50. The van der Waals surface area contributed by atoms with Crippen LogP contribution in [0, 0.1) is 18.3 Å². The van der Waals surface area contributed by atoms with Gasteiger partial charge in [0.15, 0.2) is 0 Å². The third kappa shape index (κ3) is 4.49. The van der Waals surface area contributed by atoms with Gasteiger partial charge in [0.2, 0.25) is 6.29 Å². The molecule has 3 aromatic rings. The zero-order valence-corrected chi connectivity index (χ0v) is 18.9. The summed E-state index contributed by atoms with van der Waals surface area (Å²) in [7, 11) is 0. The Morgan fingerprint density at radius 3 is 2.58 bits per heavy atom. The number of aromatic amines is 1. The first-order valence-corrected chi connectivity index (χ1v) is 11.7. The Hall–Kier alpha value is -3.59. The van der Waals surface area contributed by atoms with Crippen LogP contribution in [0.25, 0.3) is 10.9 Å². The molecular formula is C27H29N3O3. The third-order valence-corrected chi connectivity index (χ3v) is 6.70. The number of rotatable bonds is 7. The fraction of sp³-hybridized carbons (Fsp3) is 0.370. The molecule has 33 heavy (non-hydrogen) atoms. The molecular weight excluding hydrogens is 414 g/mol. The lowest BCUT2D eigenvalue weighted by molar-refractivity contribution is -0.0310. The number of piperidine rings is 1. The van der Waals surface area contributed by atoms with Crippen molar-refractivity contribution < 1.29 is 14.2 Å². The summed E-state index contributed by atoms with van der Waals surface area (Å²) in [5.74, 6) is 1.46. The van der Waals surface area contributed by atoms with Crippen LogP contribution in [0.15, 0.2) is 55.1 Å². The Bertz CT molecular complexity index is 1160. The predicted molar refractivity (Wildman–Crippen MR) is 128 cm³/mol. The Balaban J connectivity index is 1.15. The molecule has 3 heterocycles. The lowest BCUT2D eigenvalue weighted by Crippen LogP contribution is -2.33. The first-order valence-electron chi connectivity index (χ1n) is 11.7. The first-order chi connectivity index (χ1) is 16.2. The summed E-state index contributed by atoms with van der Waals surface area (Å²) < 4.78 is 16.4. The fourth-order valence-electron chi connectivity index (χ4n) is 4.89. The number of benzene rings is 2. The highest BCUT2D eigenvalue weighted by atomic mass is 16.7. The van der Waals surface area contributed by atoms with Crippen molar-refractivity contribution in [1.29, 1.82) is 5.26 Å². The molecule has 1 aromatic heterocycles. The van der Waals surface area contributed by atoms with Crippen molar-refractivity contribution in [3.8, 4) is 11.8 Å². The van der Waals surface area contributed by atoms with E-state index in [4.69, 9.17) is 14.2 Å². The van der Waals surface area contributed by atoms with E-state index in [2.05, 4.69) is 59.3 Å². The van der Waals surface area contributed by atoms with Crippen molar-refractivity contribution >= 4 is 16.6 Å². The van der Waals surface area contributed by atoms with Crippen LogP contribution in [-0.4, -0.2) is 31.0 Å². The quantitative estimate of drug-likeness (QED) is 0.472. The Kier molecular flexibility index (Phi) is 6.12. The van der Waals surface area contributed by atoms with Crippen LogP contribution in [0.5, 0.6) is 5.75 Å². The molecule has 0 atom stereocenters. The molecule has 0 unspecified atom stereocenters. The van der Waals surface area contributed by atoms with Crippen molar-refractivity contribution in [2.75, 3.05) is 24.6 Å². The molecule has 5 rings (SSSR count). The van der Waals surface area contributed by atoms with E-state index < -0.39 is 0 Å². The van der Waals surface area contributed by atoms with Crippen molar-refractivity contribution in [1.82, 2.24) is 4.98 Å². The van der Waals surface area contributed by atoms with Gasteiger partial charge in [-0.3, -0.25) is 0 Å². The largest absolute Gasteiger partial charge is 0.494 e. The maximum absolute atomic E-state index is 9.43. The van der Waals surface area contributed by atoms with Gasteiger partial charge in [-0.1, -0.05) is 18.2 Å². The van der Waals surface area contributed by atoms with Gasteiger partial charge in [-0.25, -0.2) is 0 Å². The Labute approximate surface area is 194 Å². The van der Waals surface area contributed by atoms with E-state index in [-0.39, 0.29) is 6.29 Å². The van der Waals surface area contributed by atoms with Crippen LogP contribution in [0.1, 0.15) is 48.3 Å². The van der Waals surface area contributed by atoms with Gasteiger partial charge in [-0.05, 0) is 61.4 Å². The highest BCUT2D eigenvalue weighted by molar-refractivity contribution is 5.97. The van der Waals surface area contributed by atoms with E-state index in [0.29, 0.717) is 12.5 Å². The van der Waals surface area contributed by atoms with Crippen LogP contribution in [0.4, 0.5) is 5.69 Å². The normalized spacial score (nSPS) is 16.5. The topological polar surface area (TPSA) is 70.5 Å². The highest BCUT2D eigenvalue weighted by Crippen LogP contribution is 2.35. The fourth-order valence-corrected chi connectivity index (χ4v) is 4.89. The van der Waals surface area contributed by atoms with Gasteiger partial charge in [-0.2, -0.15) is 5.26 Å². The molecule has 6 heteroatoms. The van der Waals surface area contributed by atoms with Crippen LogP contribution < -0.4 is 9.64 Å². The molecule has 2 aromatic carbocycles. The highest BCUT2D eigenvalue weighted by Gasteiger charge is 2.23. The molecule has 0 amide bonds. The van der Waals surface area contributed by atoms with Crippen LogP contribution in [-0.2, 0) is 9.47 Å². The molecule has 6 nitrogen and oxygen atoms in total. The minimum atomic E-state index is -0.164. The number of nitrogens with one attached hydrogen (secondary N) is 1. The molecule has 0 saturated carbocycles. The molecule has 1 N–H and O–H groups in total. The zero-order valence-electron chi connectivity index (χ0n) is 18.9. The number of ether oxygens (including phenoxy) is 3. The number of hydrogen-bond donors (Lipinski definition) is 1. The van der Waals surface area contributed by atoms with E-state index in [1.54, 1.807) is 12.5 Å². The standard InChI is InChI=1S/C27H29N3O3/c1-19-4-9-24(27-26(19)22(17-28)18-29-27)30-12-10-21(11-13-30)20-5-7-23(8-6-20)31-14-2-3-25-32-15-16-33-25/h4-9,15-16,18,21,25,29H,2-3,10-14H2,1H3. The van der Waals surface area contributed by atoms with Crippen LogP contribution in [0.2, 0.25) is 0 Å². The number of fused-ring (bicyclic) bond motifs is 1. The summed E-state index contributed by atoms with van der Waals surface area (Å²) in [4.78, 5) is 5.78. The van der Waals surface area contributed by atoms with Crippen molar-refractivity contribution in [3.63, 3.8) is 0 Å². The zero-order chi connectivity index (χ0) is 22.6. The van der Waals surface area contributed by atoms with Gasteiger partial charge in [0, 0.05) is 31.1 Å². The average Bonchev–Trinajstić information content (AvgIpc) is 3.53. The summed E-state index contributed by atoms with van der Waals surface area (Å²) in [6.45, 7) is 4.72. The van der Waals surface area contributed by atoms with Crippen LogP contribution >= 0.6 is 0 Å². The molecule has 0 spiro atoms. The molecule has 0 radical (unpaired) electrons. The lowest BCUT2D eigenvalue weighted by atomic mass is 9.89. The van der Waals surface area contributed by atoms with Gasteiger partial charge < -0.3 is 24.1 Å². The first kappa shape index (κ1) is 21.3. The number of aromatic nitrogens is 1. The average molecular weight is 444 g/mol. The molecule has 2 aliphatic heterocycles. The Morgan fingerprint density at radius 1 is 1.09 bits per heavy atom. The molecule has 0 aliphatic carbocycles. The molecule has 2 aliphatic rings. The van der Waals surface area contributed by atoms with Crippen LogP contribution in [0.3, 0.4) is 0 Å². The lowest BCUT2D eigenvalue weighted by Gasteiger charge is -2.34. The minimum Gasteiger partial charge on any atom is -0.494 e. The maximum atomic E-state index is 9.43. The van der Waals surface area contributed by atoms with E-state index in [0.717, 1.165) is 66.6 Å². The van der Waals surface area contributed by atoms with E-state index >= 15 is 0 Å². The predicted octanol–water partition coefficient (Wildman–Crippen LogP) is 5.74. The number of H-pyrrole nitrogens is 1. The molecule has 1 fully saturated rings. The second-order valence-electron chi connectivity index (χ2n) is 8.76. The number of hydrogen-bond acceptors (Lipinski definition) is 5. The number of anilines is 1. The summed E-state index contributed by atoms with van der Waals surface area (Å²) >= 11 is 0. The summed E-state index contributed by atoms with van der Waals surface area (Å²) in [6.07, 6.45) is 8.75. The van der Waals surface area contributed by atoms with E-state index in [9.17, 15) is 5.26 Å². The van der Waals surface area contributed by atoms with Crippen molar-refractivity contribution in [3.05, 3.63) is 71.8 Å². The van der Waals surface area contributed by atoms with Gasteiger partial charge >= 0.3 is 0 Å². The molecule has 0 bridgehead atoms. The number of aryl methyl sites for hydroxylation is 1.